The highest BCUT2D eigenvalue weighted by atomic mass is 19.1. The quantitative estimate of drug-likeness (QED) is 0.534. The zero-order chi connectivity index (χ0) is 20.8. The molecule has 4 heteroatoms. The van der Waals surface area contributed by atoms with Gasteiger partial charge in [-0.15, -0.1) is 0 Å². The van der Waals surface area contributed by atoms with Crippen LogP contribution in [0.15, 0.2) is 60.8 Å². The van der Waals surface area contributed by atoms with Gasteiger partial charge in [-0.2, -0.15) is 0 Å². The Bertz CT molecular complexity index is 930. The minimum absolute atomic E-state index is 0.330. The van der Waals surface area contributed by atoms with Crippen LogP contribution in [0.4, 0.5) is 8.78 Å². The molecule has 2 nitrogen and oxygen atoms in total. The normalized spacial score (nSPS) is 12.5. The van der Waals surface area contributed by atoms with E-state index in [0.717, 1.165) is 26.1 Å². The molecule has 1 atom stereocenters. The smallest absolute Gasteiger partial charge is 0.132 e. The van der Waals surface area contributed by atoms with E-state index in [1.807, 2.05) is 0 Å². The SMILES string of the molecule is Cc1cccc(Cn2cccc2C[NH+](CCC(C)C)Cc2cc(F)ccc2F)c1. The van der Waals surface area contributed by atoms with Gasteiger partial charge in [-0.1, -0.05) is 43.7 Å². The summed E-state index contributed by atoms with van der Waals surface area (Å²) in [4.78, 5) is 1.24. The summed E-state index contributed by atoms with van der Waals surface area (Å²) in [7, 11) is 0. The van der Waals surface area contributed by atoms with Crippen LogP contribution in [0.1, 0.15) is 42.7 Å². The Kier molecular flexibility index (Phi) is 7.21. The van der Waals surface area contributed by atoms with Crippen molar-refractivity contribution in [2.45, 2.75) is 46.8 Å². The molecule has 0 spiro atoms. The van der Waals surface area contributed by atoms with Gasteiger partial charge in [-0.3, -0.25) is 0 Å². The van der Waals surface area contributed by atoms with Gasteiger partial charge >= 0.3 is 0 Å². The van der Waals surface area contributed by atoms with Crippen molar-refractivity contribution in [1.29, 1.82) is 0 Å². The van der Waals surface area contributed by atoms with Crippen molar-refractivity contribution in [1.82, 2.24) is 4.57 Å². The van der Waals surface area contributed by atoms with Crippen LogP contribution < -0.4 is 4.90 Å². The molecule has 1 aromatic heterocycles. The fourth-order valence-electron chi connectivity index (χ4n) is 3.71. The van der Waals surface area contributed by atoms with E-state index in [-0.39, 0.29) is 11.6 Å². The lowest BCUT2D eigenvalue weighted by atomic mass is 10.1. The average molecular weight is 398 g/mol. The van der Waals surface area contributed by atoms with Crippen molar-refractivity contribution in [3.63, 3.8) is 0 Å². The van der Waals surface area contributed by atoms with E-state index in [9.17, 15) is 8.78 Å². The monoisotopic (exact) mass is 397 g/mol. The number of quaternary nitrogens is 1. The predicted octanol–water partition coefficient (Wildman–Crippen LogP) is 4.75. The van der Waals surface area contributed by atoms with Crippen LogP contribution in [0.2, 0.25) is 0 Å². The molecule has 3 rings (SSSR count). The van der Waals surface area contributed by atoms with Gasteiger partial charge in [0.05, 0.1) is 12.2 Å². The van der Waals surface area contributed by atoms with Crippen molar-refractivity contribution >= 4 is 0 Å². The summed E-state index contributed by atoms with van der Waals surface area (Å²) in [5.41, 5.74) is 4.17. The Morgan fingerprint density at radius 3 is 2.55 bits per heavy atom. The summed E-state index contributed by atoms with van der Waals surface area (Å²) >= 11 is 0. The molecule has 1 heterocycles. The Morgan fingerprint density at radius 2 is 1.79 bits per heavy atom. The molecule has 0 radical (unpaired) electrons. The maximum Gasteiger partial charge on any atom is 0.132 e. The Hall–Kier alpha value is -2.46. The summed E-state index contributed by atoms with van der Waals surface area (Å²) in [6, 6.07) is 16.5. The van der Waals surface area contributed by atoms with Crippen LogP contribution in [0.3, 0.4) is 0 Å². The highest BCUT2D eigenvalue weighted by Gasteiger charge is 2.17. The summed E-state index contributed by atoms with van der Waals surface area (Å²) in [5.74, 6) is -0.141. The number of nitrogens with zero attached hydrogens (tertiary/aromatic N) is 1. The lowest BCUT2D eigenvalue weighted by Gasteiger charge is -2.22. The number of hydrogen-bond acceptors (Lipinski definition) is 0. The molecular formula is C25H31F2N2+. The summed E-state index contributed by atoms with van der Waals surface area (Å²) < 4.78 is 30.1. The van der Waals surface area contributed by atoms with Crippen LogP contribution in [-0.4, -0.2) is 11.1 Å². The number of benzene rings is 2. The minimum atomic E-state index is -0.382. The lowest BCUT2D eigenvalue weighted by molar-refractivity contribution is -0.928. The molecule has 0 saturated carbocycles. The summed E-state index contributed by atoms with van der Waals surface area (Å²) in [6.07, 6.45) is 3.14. The second-order valence-corrected chi connectivity index (χ2v) is 8.39. The average Bonchev–Trinajstić information content (AvgIpc) is 3.09. The van der Waals surface area contributed by atoms with E-state index in [2.05, 4.69) is 67.9 Å². The maximum absolute atomic E-state index is 14.2. The molecule has 154 valence electrons. The molecule has 0 saturated heterocycles. The van der Waals surface area contributed by atoms with Gasteiger partial charge in [0, 0.05) is 18.3 Å². The lowest BCUT2D eigenvalue weighted by Crippen LogP contribution is -3.09. The molecule has 1 N–H and O–H groups in total. The molecular weight excluding hydrogens is 366 g/mol. The van der Waals surface area contributed by atoms with Crippen LogP contribution in [0.5, 0.6) is 0 Å². The fourth-order valence-corrected chi connectivity index (χ4v) is 3.71. The van der Waals surface area contributed by atoms with E-state index in [1.54, 1.807) is 0 Å². The summed E-state index contributed by atoms with van der Waals surface area (Å²) in [6.45, 7) is 9.49. The van der Waals surface area contributed by atoms with Gasteiger partial charge in [-0.05, 0) is 55.2 Å². The first-order valence-electron chi connectivity index (χ1n) is 10.4. The molecule has 0 aliphatic carbocycles. The number of aromatic nitrogens is 1. The van der Waals surface area contributed by atoms with Gasteiger partial charge in [0.2, 0.25) is 0 Å². The standard InChI is InChI=1S/C25H30F2N2/c1-19(2)11-13-28(17-22-15-23(26)9-10-25(22)27)18-24-8-5-12-29(24)16-21-7-4-6-20(3)14-21/h4-10,12,14-15,19H,11,13,16-18H2,1-3H3/p+1. The number of halogens is 2. The second kappa shape index (κ2) is 9.84. The van der Waals surface area contributed by atoms with E-state index in [0.29, 0.717) is 18.0 Å². The second-order valence-electron chi connectivity index (χ2n) is 8.39. The number of rotatable bonds is 9. The van der Waals surface area contributed by atoms with Gasteiger partial charge in [0.1, 0.15) is 24.7 Å². The highest BCUT2D eigenvalue weighted by Crippen LogP contribution is 2.11. The first-order valence-corrected chi connectivity index (χ1v) is 10.4. The van der Waals surface area contributed by atoms with Crippen molar-refractivity contribution in [2.24, 2.45) is 5.92 Å². The molecule has 0 bridgehead atoms. The number of aryl methyl sites for hydroxylation is 1. The molecule has 2 aromatic carbocycles. The molecule has 0 aliphatic heterocycles. The van der Waals surface area contributed by atoms with Gasteiger partial charge < -0.3 is 9.47 Å². The molecule has 0 amide bonds. The number of nitrogens with one attached hydrogen (secondary N) is 1. The Labute approximate surface area is 172 Å². The van der Waals surface area contributed by atoms with E-state index in [1.165, 1.54) is 39.9 Å². The molecule has 3 aromatic rings. The van der Waals surface area contributed by atoms with Crippen molar-refractivity contribution < 1.29 is 13.7 Å². The first-order chi connectivity index (χ1) is 13.9. The number of hydrogen-bond donors (Lipinski definition) is 1. The van der Waals surface area contributed by atoms with Gasteiger partial charge in [-0.25, -0.2) is 8.78 Å². The zero-order valence-electron chi connectivity index (χ0n) is 17.6. The third-order valence-electron chi connectivity index (χ3n) is 5.31. The Morgan fingerprint density at radius 1 is 0.966 bits per heavy atom. The van der Waals surface area contributed by atoms with Crippen molar-refractivity contribution in [2.75, 3.05) is 6.54 Å². The summed E-state index contributed by atoms with van der Waals surface area (Å²) in [5, 5.41) is 0. The first kappa shape index (κ1) is 21.3. The molecule has 1 unspecified atom stereocenters. The van der Waals surface area contributed by atoms with Gasteiger partial charge in [0.15, 0.2) is 0 Å². The topological polar surface area (TPSA) is 9.37 Å². The van der Waals surface area contributed by atoms with Crippen molar-refractivity contribution in [3.8, 4) is 0 Å². The molecule has 29 heavy (non-hydrogen) atoms. The van der Waals surface area contributed by atoms with E-state index < -0.39 is 0 Å². The van der Waals surface area contributed by atoms with Crippen LogP contribution in [0, 0.1) is 24.5 Å². The van der Waals surface area contributed by atoms with Crippen molar-refractivity contribution in [3.05, 3.63) is 94.8 Å². The van der Waals surface area contributed by atoms with Crippen LogP contribution in [-0.2, 0) is 19.6 Å². The Balaban J connectivity index is 1.77. The minimum Gasteiger partial charge on any atom is -0.342 e. The third kappa shape index (κ3) is 6.26. The predicted molar refractivity (Wildman–Crippen MR) is 114 cm³/mol. The molecule has 0 aliphatic rings. The molecule has 0 fully saturated rings. The third-order valence-corrected chi connectivity index (χ3v) is 5.31. The van der Waals surface area contributed by atoms with E-state index in [4.69, 9.17) is 0 Å². The van der Waals surface area contributed by atoms with Gasteiger partial charge in [0.25, 0.3) is 0 Å². The maximum atomic E-state index is 14.2. The largest absolute Gasteiger partial charge is 0.342 e. The van der Waals surface area contributed by atoms with Crippen LogP contribution in [0.25, 0.3) is 0 Å². The van der Waals surface area contributed by atoms with E-state index >= 15 is 0 Å². The van der Waals surface area contributed by atoms with Crippen LogP contribution >= 0.6 is 0 Å². The fraction of sp³-hybridized carbons (Fsp3) is 0.360. The zero-order valence-corrected chi connectivity index (χ0v) is 17.6. The highest BCUT2D eigenvalue weighted by molar-refractivity contribution is 5.23.